The Balaban J connectivity index is 1.82. The summed E-state index contributed by atoms with van der Waals surface area (Å²) in [5.74, 6) is 1.44. The topological polar surface area (TPSA) is 84.0 Å². The van der Waals surface area contributed by atoms with Crippen LogP contribution in [-0.2, 0) is 11.3 Å². The van der Waals surface area contributed by atoms with E-state index in [1.807, 2.05) is 49.4 Å². The molecule has 0 saturated carbocycles. The van der Waals surface area contributed by atoms with Crippen LogP contribution in [0.2, 0.25) is 0 Å². The van der Waals surface area contributed by atoms with Gasteiger partial charge in [0.15, 0.2) is 5.96 Å². The van der Waals surface area contributed by atoms with Gasteiger partial charge in [0.2, 0.25) is 0 Å². The van der Waals surface area contributed by atoms with Crippen LogP contribution < -0.4 is 20.7 Å². The van der Waals surface area contributed by atoms with E-state index in [-0.39, 0.29) is 5.91 Å². The van der Waals surface area contributed by atoms with E-state index in [0.717, 1.165) is 30.9 Å². The van der Waals surface area contributed by atoms with Crippen LogP contribution in [-0.4, -0.2) is 51.8 Å². The van der Waals surface area contributed by atoms with Crippen molar-refractivity contribution in [1.29, 1.82) is 0 Å². The molecule has 0 atom stereocenters. The van der Waals surface area contributed by atoms with E-state index in [1.54, 1.807) is 19.2 Å². The monoisotopic (exact) mass is 412 g/mol. The Morgan fingerprint density at radius 2 is 1.63 bits per heavy atom. The number of nitrogens with zero attached hydrogens (tertiary/aromatic N) is 1. The molecule has 0 aliphatic rings. The number of hydrogen-bond acceptors (Lipinski definition) is 4. The Hall–Kier alpha value is -3.06. The van der Waals surface area contributed by atoms with E-state index in [0.29, 0.717) is 37.8 Å². The fraction of sp³-hybridized carbons (Fsp3) is 0.391. The maximum Gasteiger partial charge on any atom is 0.251 e. The third kappa shape index (κ3) is 8.96. The minimum absolute atomic E-state index is 0.0844. The van der Waals surface area contributed by atoms with Gasteiger partial charge in [-0.15, -0.1) is 0 Å². The van der Waals surface area contributed by atoms with Gasteiger partial charge in [-0.05, 0) is 43.2 Å². The summed E-state index contributed by atoms with van der Waals surface area (Å²) >= 11 is 0. The van der Waals surface area contributed by atoms with E-state index in [2.05, 4.69) is 20.9 Å². The number of carbonyl (C=O) groups excluding carboxylic acids is 1. The fourth-order valence-corrected chi connectivity index (χ4v) is 2.65. The Kier molecular flexibility index (Phi) is 10.8. The molecule has 0 unspecified atom stereocenters. The second-order valence-corrected chi connectivity index (χ2v) is 6.54. The molecule has 2 rings (SSSR count). The number of ether oxygens (including phenoxy) is 2. The molecule has 3 N–H and O–H groups in total. The van der Waals surface area contributed by atoms with Gasteiger partial charge in [0.05, 0.1) is 13.7 Å². The molecular formula is C23H32N4O3. The number of aliphatic imine (C=N–C) groups is 1. The highest BCUT2D eigenvalue weighted by Gasteiger charge is 2.04. The van der Waals surface area contributed by atoms with Crippen LogP contribution >= 0.6 is 0 Å². The van der Waals surface area contributed by atoms with E-state index in [9.17, 15) is 4.79 Å². The predicted molar refractivity (Wildman–Crippen MR) is 120 cm³/mol. The lowest BCUT2D eigenvalue weighted by Crippen LogP contribution is -2.42. The van der Waals surface area contributed by atoms with Crippen molar-refractivity contribution >= 4 is 11.9 Å². The van der Waals surface area contributed by atoms with Crippen molar-refractivity contribution in [3.63, 3.8) is 0 Å². The molecule has 2 aromatic rings. The molecule has 0 radical (unpaired) electrons. The number of methoxy groups -OCH3 is 1. The van der Waals surface area contributed by atoms with Crippen LogP contribution in [0.4, 0.5) is 0 Å². The van der Waals surface area contributed by atoms with Gasteiger partial charge < -0.3 is 25.4 Å². The lowest BCUT2D eigenvalue weighted by atomic mass is 10.2. The highest BCUT2D eigenvalue weighted by Crippen LogP contribution is 2.11. The molecule has 0 saturated heterocycles. The van der Waals surface area contributed by atoms with E-state index < -0.39 is 0 Å². The summed E-state index contributed by atoms with van der Waals surface area (Å²) in [7, 11) is 1.65. The summed E-state index contributed by atoms with van der Waals surface area (Å²) in [6.45, 7) is 5.78. The predicted octanol–water partition coefficient (Wildman–Crippen LogP) is 2.59. The normalized spacial score (nSPS) is 11.1. The molecule has 0 spiro atoms. The summed E-state index contributed by atoms with van der Waals surface area (Å²) in [5, 5.41) is 9.49. The number of hydrogen-bond donors (Lipinski definition) is 3. The second-order valence-electron chi connectivity index (χ2n) is 6.54. The van der Waals surface area contributed by atoms with Gasteiger partial charge >= 0.3 is 0 Å². The zero-order valence-electron chi connectivity index (χ0n) is 17.8. The van der Waals surface area contributed by atoms with Crippen molar-refractivity contribution in [2.75, 3.05) is 40.0 Å². The molecule has 30 heavy (non-hydrogen) atoms. The molecule has 0 aliphatic heterocycles. The van der Waals surface area contributed by atoms with Gasteiger partial charge in [0.25, 0.3) is 5.91 Å². The van der Waals surface area contributed by atoms with Crippen molar-refractivity contribution in [3.8, 4) is 5.75 Å². The zero-order chi connectivity index (χ0) is 21.4. The van der Waals surface area contributed by atoms with Crippen molar-refractivity contribution in [3.05, 3.63) is 65.7 Å². The number of nitrogens with one attached hydrogen (secondary N) is 3. The fourth-order valence-electron chi connectivity index (χ4n) is 2.65. The van der Waals surface area contributed by atoms with Crippen molar-refractivity contribution in [2.45, 2.75) is 19.9 Å². The second kappa shape index (κ2) is 14.0. The summed E-state index contributed by atoms with van der Waals surface area (Å²) < 4.78 is 10.6. The molecule has 0 aromatic heterocycles. The molecule has 0 aliphatic carbocycles. The largest absolute Gasteiger partial charge is 0.497 e. The average Bonchev–Trinajstić information content (AvgIpc) is 2.80. The Labute approximate surface area is 178 Å². The van der Waals surface area contributed by atoms with E-state index >= 15 is 0 Å². The Bertz CT molecular complexity index is 764. The molecule has 7 heteroatoms. The van der Waals surface area contributed by atoms with Crippen molar-refractivity contribution in [1.82, 2.24) is 16.0 Å². The number of carbonyl (C=O) groups is 1. The summed E-state index contributed by atoms with van der Waals surface area (Å²) in [6.07, 6.45) is 0.891. The van der Waals surface area contributed by atoms with E-state index in [1.165, 1.54) is 0 Å². The van der Waals surface area contributed by atoms with Crippen LogP contribution in [0.3, 0.4) is 0 Å². The average molecular weight is 413 g/mol. The minimum atomic E-state index is -0.0844. The number of guanidine groups is 1. The van der Waals surface area contributed by atoms with Crippen LogP contribution in [0, 0.1) is 0 Å². The number of benzene rings is 2. The molecule has 7 nitrogen and oxygen atoms in total. The SMILES string of the molecule is CCOCCCNC(=NCc1ccc(OC)cc1)NCCNC(=O)c1ccccc1. The third-order valence-electron chi connectivity index (χ3n) is 4.28. The standard InChI is InChI=1S/C23H32N4O3/c1-3-30-17-7-14-25-23(27-18-19-10-12-21(29-2)13-11-19)26-16-15-24-22(28)20-8-5-4-6-9-20/h4-6,8-13H,3,7,14-18H2,1-2H3,(H,24,28)(H2,25,26,27). The maximum absolute atomic E-state index is 12.1. The van der Waals surface area contributed by atoms with Gasteiger partial charge in [-0.2, -0.15) is 0 Å². The van der Waals surface area contributed by atoms with E-state index in [4.69, 9.17) is 9.47 Å². The molecule has 1 amide bonds. The molecule has 0 fully saturated rings. The first kappa shape index (κ1) is 23.2. The third-order valence-corrected chi connectivity index (χ3v) is 4.28. The van der Waals surface area contributed by atoms with Gasteiger partial charge in [-0.25, -0.2) is 4.99 Å². The Morgan fingerprint density at radius 3 is 2.33 bits per heavy atom. The maximum atomic E-state index is 12.1. The van der Waals surface area contributed by atoms with Crippen LogP contribution in [0.25, 0.3) is 0 Å². The molecular weight excluding hydrogens is 380 g/mol. The molecule has 0 heterocycles. The first-order chi connectivity index (χ1) is 14.7. The molecule has 2 aromatic carbocycles. The lowest BCUT2D eigenvalue weighted by Gasteiger charge is -2.13. The van der Waals surface area contributed by atoms with Gasteiger partial charge in [0, 0.05) is 38.4 Å². The van der Waals surface area contributed by atoms with Crippen molar-refractivity contribution < 1.29 is 14.3 Å². The quantitative estimate of drug-likeness (QED) is 0.284. The number of rotatable bonds is 12. The van der Waals surface area contributed by atoms with Gasteiger partial charge in [-0.1, -0.05) is 30.3 Å². The van der Waals surface area contributed by atoms with Gasteiger partial charge in [0.1, 0.15) is 5.75 Å². The smallest absolute Gasteiger partial charge is 0.251 e. The highest BCUT2D eigenvalue weighted by molar-refractivity contribution is 5.94. The molecule has 0 bridgehead atoms. The van der Waals surface area contributed by atoms with Gasteiger partial charge in [-0.3, -0.25) is 4.79 Å². The minimum Gasteiger partial charge on any atom is -0.497 e. The zero-order valence-corrected chi connectivity index (χ0v) is 17.8. The summed E-state index contributed by atoms with van der Waals surface area (Å²) in [5.41, 5.74) is 1.74. The lowest BCUT2D eigenvalue weighted by molar-refractivity contribution is 0.0954. The first-order valence-electron chi connectivity index (χ1n) is 10.3. The summed E-state index contributed by atoms with van der Waals surface area (Å²) in [4.78, 5) is 16.8. The van der Waals surface area contributed by atoms with Crippen LogP contribution in [0.15, 0.2) is 59.6 Å². The number of amides is 1. The Morgan fingerprint density at radius 1 is 0.933 bits per heavy atom. The van der Waals surface area contributed by atoms with Crippen molar-refractivity contribution in [2.24, 2.45) is 4.99 Å². The van der Waals surface area contributed by atoms with Crippen LogP contribution in [0.1, 0.15) is 29.3 Å². The van der Waals surface area contributed by atoms with Crippen LogP contribution in [0.5, 0.6) is 5.75 Å². The summed E-state index contributed by atoms with van der Waals surface area (Å²) in [6, 6.07) is 17.0. The molecule has 162 valence electrons. The first-order valence-corrected chi connectivity index (χ1v) is 10.3. The highest BCUT2D eigenvalue weighted by atomic mass is 16.5.